The summed E-state index contributed by atoms with van der Waals surface area (Å²) in [6, 6.07) is 28.9. The third kappa shape index (κ3) is 4.92. The van der Waals surface area contributed by atoms with Crippen LogP contribution < -0.4 is 0 Å². The van der Waals surface area contributed by atoms with Crippen molar-refractivity contribution in [2.45, 2.75) is 17.5 Å². The molecule has 5 rings (SSSR count). The van der Waals surface area contributed by atoms with Crippen molar-refractivity contribution in [1.29, 1.82) is 0 Å². The summed E-state index contributed by atoms with van der Waals surface area (Å²) in [4.78, 5) is 4.92. The lowest BCUT2D eigenvalue weighted by Gasteiger charge is -2.13. The number of rotatable bonds is 8. The summed E-state index contributed by atoms with van der Waals surface area (Å²) in [5, 5.41) is 11.2. The average molecular weight is 531 g/mol. The van der Waals surface area contributed by atoms with Gasteiger partial charge in [-0.2, -0.15) is 0 Å². The molecule has 170 valence electrons. The lowest BCUT2D eigenvalue weighted by atomic mass is 10.0. The summed E-state index contributed by atoms with van der Waals surface area (Å²) in [5.41, 5.74) is 5.17. The van der Waals surface area contributed by atoms with E-state index in [1.807, 2.05) is 36.4 Å². The molecule has 5 aromatic rings. The number of thioether (sulfide) groups is 1. The minimum atomic E-state index is 0.575. The van der Waals surface area contributed by atoms with Crippen LogP contribution in [0.1, 0.15) is 5.56 Å². The second-order valence-corrected chi connectivity index (χ2v) is 9.66. The standard InChI is InChI=1S/C27H23BrN4OS/c1-33-16-15-32-26(30-31-27(32)34-18-19-11-13-21(28)14-12-19)23-17-25(20-7-3-2-4-8-20)29-24-10-6-5-9-22(23)24/h2-14,17H,15-16,18H2,1H3. The predicted molar refractivity (Wildman–Crippen MR) is 142 cm³/mol. The zero-order chi connectivity index (χ0) is 23.3. The monoisotopic (exact) mass is 530 g/mol. The van der Waals surface area contributed by atoms with Gasteiger partial charge in [-0.25, -0.2) is 4.98 Å². The van der Waals surface area contributed by atoms with Gasteiger partial charge in [0.05, 0.1) is 24.4 Å². The third-order valence-corrected chi connectivity index (χ3v) is 7.11. The van der Waals surface area contributed by atoms with Crippen LogP contribution in [-0.4, -0.2) is 33.5 Å². The summed E-state index contributed by atoms with van der Waals surface area (Å²) in [6.45, 7) is 1.24. The number of hydrogen-bond acceptors (Lipinski definition) is 5. The van der Waals surface area contributed by atoms with Crippen LogP contribution in [0.4, 0.5) is 0 Å². The highest BCUT2D eigenvalue weighted by atomic mass is 79.9. The zero-order valence-corrected chi connectivity index (χ0v) is 21.1. The van der Waals surface area contributed by atoms with E-state index in [1.54, 1.807) is 18.9 Å². The fourth-order valence-corrected chi connectivity index (χ4v) is 5.01. The number of fused-ring (bicyclic) bond motifs is 1. The van der Waals surface area contributed by atoms with Gasteiger partial charge >= 0.3 is 0 Å². The van der Waals surface area contributed by atoms with Crippen LogP contribution in [0.3, 0.4) is 0 Å². The number of pyridine rings is 1. The van der Waals surface area contributed by atoms with Crippen molar-refractivity contribution in [2.75, 3.05) is 13.7 Å². The predicted octanol–water partition coefficient (Wildman–Crippen LogP) is 6.86. The number of methoxy groups -OCH3 is 1. The molecule has 0 saturated heterocycles. The largest absolute Gasteiger partial charge is 0.383 e. The summed E-state index contributed by atoms with van der Waals surface area (Å²) in [5.74, 6) is 1.64. The van der Waals surface area contributed by atoms with Gasteiger partial charge in [0.1, 0.15) is 0 Å². The molecule has 0 spiro atoms. The molecule has 0 radical (unpaired) electrons. The first kappa shape index (κ1) is 22.8. The Balaban J connectivity index is 1.58. The highest BCUT2D eigenvalue weighted by molar-refractivity contribution is 9.10. The van der Waals surface area contributed by atoms with Crippen LogP contribution in [0.2, 0.25) is 0 Å². The van der Waals surface area contributed by atoms with E-state index in [1.165, 1.54) is 5.56 Å². The highest BCUT2D eigenvalue weighted by Crippen LogP contribution is 2.33. The lowest BCUT2D eigenvalue weighted by Crippen LogP contribution is -2.08. The van der Waals surface area contributed by atoms with Gasteiger partial charge in [0.15, 0.2) is 11.0 Å². The first-order valence-electron chi connectivity index (χ1n) is 11.0. The summed E-state index contributed by atoms with van der Waals surface area (Å²) >= 11 is 5.18. The molecule has 0 atom stereocenters. The molecule has 0 aliphatic rings. The molecule has 0 amide bonds. The Labute approximate surface area is 211 Å². The van der Waals surface area contributed by atoms with E-state index in [0.29, 0.717) is 13.2 Å². The van der Waals surface area contributed by atoms with E-state index in [9.17, 15) is 0 Å². The Hall–Kier alpha value is -3.00. The highest BCUT2D eigenvalue weighted by Gasteiger charge is 2.18. The van der Waals surface area contributed by atoms with Crippen LogP contribution in [0, 0.1) is 0 Å². The van der Waals surface area contributed by atoms with E-state index in [4.69, 9.17) is 9.72 Å². The van der Waals surface area contributed by atoms with Crippen molar-refractivity contribution < 1.29 is 4.74 Å². The minimum Gasteiger partial charge on any atom is -0.383 e. The summed E-state index contributed by atoms with van der Waals surface area (Å²) < 4.78 is 8.65. The molecule has 3 aromatic carbocycles. The maximum atomic E-state index is 5.41. The Kier molecular flexibility index (Phi) is 7.04. The van der Waals surface area contributed by atoms with Gasteiger partial charge in [-0.1, -0.05) is 88.4 Å². The SMILES string of the molecule is COCCn1c(SCc2ccc(Br)cc2)nnc1-c1cc(-c2ccccc2)nc2ccccc12. The van der Waals surface area contributed by atoms with Crippen molar-refractivity contribution >= 4 is 38.6 Å². The first-order valence-corrected chi connectivity index (χ1v) is 12.8. The van der Waals surface area contributed by atoms with Gasteiger partial charge in [-0.05, 0) is 29.8 Å². The van der Waals surface area contributed by atoms with Crippen molar-refractivity contribution in [3.63, 3.8) is 0 Å². The summed E-state index contributed by atoms with van der Waals surface area (Å²) in [7, 11) is 1.72. The zero-order valence-electron chi connectivity index (χ0n) is 18.7. The van der Waals surface area contributed by atoms with E-state index >= 15 is 0 Å². The van der Waals surface area contributed by atoms with Crippen LogP contribution in [0.25, 0.3) is 33.5 Å². The normalized spacial score (nSPS) is 11.2. The molecule has 0 N–H and O–H groups in total. The molecule has 0 fully saturated rings. The van der Waals surface area contributed by atoms with Crippen LogP contribution in [0.5, 0.6) is 0 Å². The third-order valence-electron chi connectivity index (χ3n) is 5.54. The fraction of sp³-hybridized carbons (Fsp3) is 0.148. The number of hydrogen-bond donors (Lipinski definition) is 0. The number of benzene rings is 3. The molecular weight excluding hydrogens is 508 g/mol. The summed E-state index contributed by atoms with van der Waals surface area (Å²) in [6.07, 6.45) is 0. The van der Waals surface area contributed by atoms with E-state index in [-0.39, 0.29) is 0 Å². The Morgan fingerprint density at radius 2 is 1.68 bits per heavy atom. The van der Waals surface area contributed by atoms with Gasteiger partial charge < -0.3 is 4.74 Å². The number of para-hydroxylation sites is 1. The Morgan fingerprint density at radius 3 is 2.47 bits per heavy atom. The lowest BCUT2D eigenvalue weighted by molar-refractivity contribution is 0.185. The van der Waals surface area contributed by atoms with Gasteiger partial charge in [0.25, 0.3) is 0 Å². The molecule has 0 aliphatic carbocycles. The number of aromatic nitrogens is 4. The Morgan fingerprint density at radius 1 is 0.912 bits per heavy atom. The molecule has 0 aliphatic heterocycles. The number of ether oxygens (including phenoxy) is 1. The molecule has 0 saturated carbocycles. The second-order valence-electron chi connectivity index (χ2n) is 7.80. The molecular formula is C27H23BrN4OS. The van der Waals surface area contributed by atoms with Crippen LogP contribution >= 0.6 is 27.7 Å². The van der Waals surface area contributed by atoms with Gasteiger partial charge in [-0.15, -0.1) is 10.2 Å². The molecule has 2 heterocycles. The van der Waals surface area contributed by atoms with Crippen molar-refractivity contribution in [1.82, 2.24) is 19.7 Å². The van der Waals surface area contributed by atoms with E-state index in [2.05, 4.69) is 79.2 Å². The van der Waals surface area contributed by atoms with Gasteiger partial charge in [0.2, 0.25) is 0 Å². The maximum Gasteiger partial charge on any atom is 0.191 e. The number of nitrogens with zero attached hydrogens (tertiary/aromatic N) is 4. The number of halogens is 1. The second kappa shape index (κ2) is 10.5. The molecule has 0 unspecified atom stereocenters. The van der Waals surface area contributed by atoms with E-state index in [0.717, 1.165) is 48.9 Å². The van der Waals surface area contributed by atoms with Crippen LogP contribution in [0.15, 0.2) is 94.6 Å². The first-order chi connectivity index (χ1) is 16.7. The fourth-order valence-electron chi connectivity index (χ4n) is 3.82. The van der Waals surface area contributed by atoms with Crippen LogP contribution in [-0.2, 0) is 17.0 Å². The van der Waals surface area contributed by atoms with Crippen molar-refractivity contribution in [2.24, 2.45) is 0 Å². The average Bonchev–Trinajstić information content (AvgIpc) is 3.29. The Bertz CT molecular complexity index is 1400. The smallest absolute Gasteiger partial charge is 0.191 e. The molecule has 5 nitrogen and oxygen atoms in total. The van der Waals surface area contributed by atoms with Gasteiger partial charge in [-0.3, -0.25) is 4.57 Å². The maximum absolute atomic E-state index is 5.41. The quantitative estimate of drug-likeness (QED) is 0.205. The van der Waals surface area contributed by atoms with Crippen molar-refractivity contribution in [3.05, 3.63) is 95.0 Å². The van der Waals surface area contributed by atoms with Crippen molar-refractivity contribution in [3.8, 4) is 22.6 Å². The van der Waals surface area contributed by atoms with E-state index < -0.39 is 0 Å². The molecule has 2 aromatic heterocycles. The van der Waals surface area contributed by atoms with Gasteiger partial charge in [0, 0.05) is 33.8 Å². The molecule has 0 bridgehead atoms. The topological polar surface area (TPSA) is 52.8 Å². The minimum absolute atomic E-state index is 0.575. The molecule has 34 heavy (non-hydrogen) atoms. The molecule has 7 heteroatoms.